The molecular formula is C11H10F2N4OS3. The number of halogens is 2. The third-order valence-corrected chi connectivity index (χ3v) is 4.72. The molecule has 0 aliphatic carbocycles. The fourth-order valence-corrected chi connectivity index (χ4v) is 3.26. The van der Waals surface area contributed by atoms with Crippen LogP contribution in [0.4, 0.5) is 19.6 Å². The van der Waals surface area contributed by atoms with E-state index in [1.807, 2.05) is 0 Å². The number of nitrogens with two attached hydrogens (primary N) is 1. The van der Waals surface area contributed by atoms with Gasteiger partial charge in [-0.3, -0.25) is 4.79 Å². The zero-order valence-corrected chi connectivity index (χ0v) is 12.9. The van der Waals surface area contributed by atoms with Gasteiger partial charge in [-0.05, 0) is 24.3 Å². The van der Waals surface area contributed by atoms with Crippen LogP contribution in [0, 0.1) is 0 Å². The predicted octanol–water partition coefficient (Wildman–Crippen LogP) is 3.17. The van der Waals surface area contributed by atoms with Crippen molar-refractivity contribution >= 4 is 51.6 Å². The number of benzene rings is 1. The molecule has 0 fully saturated rings. The first kappa shape index (κ1) is 16.0. The Bertz CT molecular complexity index is 606. The van der Waals surface area contributed by atoms with Gasteiger partial charge < -0.3 is 11.1 Å². The van der Waals surface area contributed by atoms with E-state index in [0.717, 1.165) is 0 Å². The van der Waals surface area contributed by atoms with Gasteiger partial charge in [-0.2, -0.15) is 8.78 Å². The quantitative estimate of drug-likeness (QED) is 0.781. The Kier molecular flexibility index (Phi) is 5.76. The standard InChI is InChI=1S/C11H10F2N4OS3/c12-9(13)20-7-3-1-6(2-4-7)15-8(18)5-19-11-17-16-10(14)21-11/h1-4,9H,5H2,(H2,14,16)(H,15,18). The van der Waals surface area contributed by atoms with E-state index in [4.69, 9.17) is 5.73 Å². The van der Waals surface area contributed by atoms with Crippen LogP contribution < -0.4 is 11.1 Å². The monoisotopic (exact) mass is 348 g/mol. The maximum absolute atomic E-state index is 12.2. The van der Waals surface area contributed by atoms with Gasteiger partial charge in [0.15, 0.2) is 4.34 Å². The number of carbonyl (C=O) groups is 1. The van der Waals surface area contributed by atoms with E-state index < -0.39 is 5.76 Å². The van der Waals surface area contributed by atoms with Crippen molar-refractivity contribution < 1.29 is 13.6 Å². The van der Waals surface area contributed by atoms with Crippen molar-refractivity contribution in [2.24, 2.45) is 0 Å². The Morgan fingerprint density at radius 3 is 2.62 bits per heavy atom. The molecule has 2 rings (SSSR count). The van der Waals surface area contributed by atoms with E-state index in [2.05, 4.69) is 15.5 Å². The summed E-state index contributed by atoms with van der Waals surface area (Å²) in [6.07, 6.45) is 0. The molecule has 0 bridgehead atoms. The molecular weight excluding hydrogens is 338 g/mol. The topological polar surface area (TPSA) is 80.9 Å². The fraction of sp³-hybridized carbons (Fsp3) is 0.182. The van der Waals surface area contributed by atoms with Crippen LogP contribution >= 0.6 is 34.9 Å². The van der Waals surface area contributed by atoms with Crippen molar-refractivity contribution in [3.05, 3.63) is 24.3 Å². The van der Waals surface area contributed by atoms with Crippen LogP contribution in [0.5, 0.6) is 0 Å². The van der Waals surface area contributed by atoms with E-state index >= 15 is 0 Å². The molecule has 0 saturated carbocycles. The number of carbonyl (C=O) groups excluding carboxylic acids is 1. The molecule has 0 radical (unpaired) electrons. The lowest BCUT2D eigenvalue weighted by atomic mass is 10.3. The lowest BCUT2D eigenvalue weighted by Crippen LogP contribution is -2.13. The number of nitrogen functional groups attached to an aromatic ring is 1. The fourth-order valence-electron chi connectivity index (χ4n) is 1.32. The van der Waals surface area contributed by atoms with E-state index in [-0.39, 0.29) is 11.7 Å². The maximum Gasteiger partial charge on any atom is 0.288 e. The molecule has 0 unspecified atom stereocenters. The molecule has 10 heteroatoms. The smallest absolute Gasteiger partial charge is 0.288 e. The van der Waals surface area contributed by atoms with E-state index in [1.54, 1.807) is 12.1 Å². The van der Waals surface area contributed by atoms with Gasteiger partial charge in [0.25, 0.3) is 5.76 Å². The van der Waals surface area contributed by atoms with Gasteiger partial charge in [0.1, 0.15) is 0 Å². The minimum Gasteiger partial charge on any atom is -0.374 e. The minimum atomic E-state index is -2.46. The number of amides is 1. The first-order valence-corrected chi connectivity index (χ1v) is 8.27. The molecule has 1 amide bonds. The number of hydrogen-bond acceptors (Lipinski definition) is 7. The number of hydrogen-bond donors (Lipinski definition) is 2. The van der Waals surface area contributed by atoms with Crippen molar-refractivity contribution in [3.63, 3.8) is 0 Å². The lowest BCUT2D eigenvalue weighted by Gasteiger charge is -2.05. The highest BCUT2D eigenvalue weighted by Crippen LogP contribution is 2.26. The Morgan fingerprint density at radius 2 is 2.05 bits per heavy atom. The number of aromatic nitrogens is 2. The van der Waals surface area contributed by atoms with Crippen LogP contribution in [0.2, 0.25) is 0 Å². The van der Waals surface area contributed by atoms with Crippen molar-refractivity contribution in [2.45, 2.75) is 15.0 Å². The van der Waals surface area contributed by atoms with Crippen LogP contribution in [0.25, 0.3) is 0 Å². The molecule has 3 N–H and O–H groups in total. The highest BCUT2D eigenvalue weighted by atomic mass is 32.2. The highest BCUT2D eigenvalue weighted by molar-refractivity contribution is 8.01. The van der Waals surface area contributed by atoms with Crippen LogP contribution in [0.1, 0.15) is 0 Å². The van der Waals surface area contributed by atoms with E-state index in [9.17, 15) is 13.6 Å². The average molecular weight is 348 g/mol. The highest BCUT2D eigenvalue weighted by Gasteiger charge is 2.08. The van der Waals surface area contributed by atoms with Crippen LogP contribution in [0.15, 0.2) is 33.5 Å². The summed E-state index contributed by atoms with van der Waals surface area (Å²) in [5.74, 6) is -2.51. The van der Waals surface area contributed by atoms with Crippen molar-refractivity contribution in [1.29, 1.82) is 0 Å². The summed E-state index contributed by atoms with van der Waals surface area (Å²) in [5.41, 5.74) is 5.98. The van der Waals surface area contributed by atoms with Crippen molar-refractivity contribution in [2.75, 3.05) is 16.8 Å². The molecule has 1 aromatic carbocycles. The number of nitrogens with zero attached hydrogens (tertiary/aromatic N) is 2. The normalized spacial score (nSPS) is 10.8. The van der Waals surface area contributed by atoms with Gasteiger partial charge in [-0.1, -0.05) is 34.9 Å². The number of nitrogens with one attached hydrogen (secondary N) is 1. The Hall–Kier alpha value is -1.39. The summed E-state index contributed by atoms with van der Waals surface area (Å²) in [5, 5.41) is 10.4. The second-order valence-electron chi connectivity index (χ2n) is 3.65. The number of alkyl halides is 2. The molecule has 0 spiro atoms. The number of anilines is 2. The van der Waals surface area contributed by atoms with E-state index in [0.29, 0.717) is 31.8 Å². The van der Waals surface area contributed by atoms with Crippen LogP contribution in [0.3, 0.4) is 0 Å². The van der Waals surface area contributed by atoms with Gasteiger partial charge in [0, 0.05) is 10.6 Å². The molecule has 0 aliphatic heterocycles. The van der Waals surface area contributed by atoms with Crippen molar-refractivity contribution in [3.8, 4) is 0 Å². The number of rotatable bonds is 6. The van der Waals surface area contributed by atoms with E-state index in [1.165, 1.54) is 35.2 Å². The summed E-state index contributed by atoms with van der Waals surface area (Å²) in [7, 11) is 0. The van der Waals surface area contributed by atoms with Crippen LogP contribution in [-0.2, 0) is 4.79 Å². The molecule has 0 aliphatic rings. The molecule has 112 valence electrons. The van der Waals surface area contributed by atoms with Gasteiger partial charge in [0.05, 0.1) is 5.75 Å². The molecule has 2 aromatic rings. The SMILES string of the molecule is Nc1nnc(SCC(=O)Nc2ccc(SC(F)F)cc2)s1. The largest absolute Gasteiger partial charge is 0.374 e. The predicted molar refractivity (Wildman–Crippen MR) is 82.0 cm³/mol. The minimum absolute atomic E-state index is 0.169. The first-order valence-electron chi connectivity index (χ1n) is 5.59. The Labute approximate surface area is 131 Å². The first-order chi connectivity index (χ1) is 10.0. The molecule has 5 nitrogen and oxygen atoms in total. The maximum atomic E-state index is 12.2. The second kappa shape index (κ2) is 7.57. The summed E-state index contributed by atoms with van der Waals surface area (Å²) >= 11 is 2.90. The van der Waals surface area contributed by atoms with Gasteiger partial charge in [-0.15, -0.1) is 10.2 Å². The number of thioether (sulfide) groups is 2. The molecule has 1 aromatic heterocycles. The summed E-state index contributed by atoms with van der Waals surface area (Å²) in [6, 6.07) is 6.22. The summed E-state index contributed by atoms with van der Waals surface area (Å²) in [6.45, 7) is 0. The van der Waals surface area contributed by atoms with Gasteiger partial charge >= 0.3 is 0 Å². The third kappa shape index (κ3) is 5.48. The van der Waals surface area contributed by atoms with Crippen molar-refractivity contribution in [1.82, 2.24) is 10.2 Å². The molecule has 0 saturated heterocycles. The Morgan fingerprint density at radius 1 is 1.33 bits per heavy atom. The zero-order chi connectivity index (χ0) is 15.2. The average Bonchev–Trinajstić information content (AvgIpc) is 2.84. The summed E-state index contributed by atoms with van der Waals surface area (Å²) in [4.78, 5) is 12.2. The molecule has 1 heterocycles. The zero-order valence-electron chi connectivity index (χ0n) is 10.5. The molecule has 0 atom stereocenters. The second-order valence-corrected chi connectivity index (χ2v) is 6.94. The van der Waals surface area contributed by atoms with Gasteiger partial charge in [0.2, 0.25) is 11.0 Å². The lowest BCUT2D eigenvalue weighted by molar-refractivity contribution is -0.113. The van der Waals surface area contributed by atoms with Crippen LogP contribution in [-0.4, -0.2) is 27.6 Å². The molecule has 21 heavy (non-hydrogen) atoms. The van der Waals surface area contributed by atoms with Gasteiger partial charge in [-0.25, -0.2) is 0 Å². The third-order valence-electron chi connectivity index (χ3n) is 2.11. The Balaban J connectivity index is 1.82. The summed E-state index contributed by atoms with van der Waals surface area (Å²) < 4.78 is 24.9.